The maximum Gasteiger partial charge on any atom is 0.342 e. The summed E-state index contributed by atoms with van der Waals surface area (Å²) in [5, 5.41) is 2.97. The number of amides is 1. The van der Waals surface area contributed by atoms with E-state index in [0.717, 1.165) is 19.3 Å². The summed E-state index contributed by atoms with van der Waals surface area (Å²) in [5.74, 6) is -0.786. The number of halogens is 1. The smallest absolute Gasteiger partial charge is 0.342 e. The largest absolute Gasteiger partial charge is 0.496 e. The molecule has 1 aliphatic carbocycles. The molecule has 0 fully saturated rings. The third kappa shape index (κ3) is 5.67. The van der Waals surface area contributed by atoms with Gasteiger partial charge in [-0.3, -0.25) is 4.79 Å². The Bertz CT molecular complexity index is 673. The first kappa shape index (κ1) is 19.1. The summed E-state index contributed by atoms with van der Waals surface area (Å²) in [6.45, 7) is 0.183. The van der Waals surface area contributed by atoms with Gasteiger partial charge in [-0.15, -0.1) is 0 Å². The van der Waals surface area contributed by atoms with Gasteiger partial charge in [0.05, 0.1) is 17.8 Å². The summed E-state index contributed by atoms with van der Waals surface area (Å²) in [5.41, 5.74) is 7.47. The third-order valence-corrected chi connectivity index (χ3v) is 4.35. The number of ether oxygens (including phenoxy) is 2. The van der Waals surface area contributed by atoms with Crippen LogP contribution in [0.3, 0.4) is 0 Å². The first-order valence-corrected chi connectivity index (χ1v) is 8.63. The van der Waals surface area contributed by atoms with Crippen LogP contribution in [0.5, 0.6) is 5.75 Å². The number of benzene rings is 1. The molecule has 0 heterocycles. The zero-order valence-corrected chi connectivity index (χ0v) is 15.0. The highest BCUT2D eigenvalue weighted by Crippen LogP contribution is 2.29. The molecule has 0 saturated carbocycles. The van der Waals surface area contributed by atoms with Crippen molar-refractivity contribution in [3.05, 3.63) is 34.4 Å². The second-order valence-corrected chi connectivity index (χ2v) is 6.27. The SMILES string of the molecule is COc1cc(N)c(Cl)cc1C(=O)OCC(=O)NCCC1=CCCCC1. The second-order valence-electron chi connectivity index (χ2n) is 5.86. The van der Waals surface area contributed by atoms with Gasteiger partial charge in [-0.2, -0.15) is 0 Å². The molecule has 6 nitrogen and oxygen atoms in total. The monoisotopic (exact) mass is 366 g/mol. The van der Waals surface area contributed by atoms with Gasteiger partial charge in [0.1, 0.15) is 11.3 Å². The van der Waals surface area contributed by atoms with Crippen molar-refractivity contribution in [1.29, 1.82) is 0 Å². The summed E-state index contributed by atoms with van der Waals surface area (Å²) in [6.07, 6.45) is 7.75. The molecule has 0 unspecified atom stereocenters. The third-order valence-electron chi connectivity index (χ3n) is 4.03. The van der Waals surface area contributed by atoms with Gasteiger partial charge in [-0.1, -0.05) is 23.3 Å². The molecule has 1 aromatic rings. The summed E-state index contributed by atoms with van der Waals surface area (Å²) >= 11 is 5.92. The molecule has 25 heavy (non-hydrogen) atoms. The van der Waals surface area contributed by atoms with E-state index in [2.05, 4.69) is 11.4 Å². The van der Waals surface area contributed by atoms with Crippen molar-refractivity contribution in [2.24, 2.45) is 0 Å². The molecule has 3 N–H and O–H groups in total. The Morgan fingerprint density at radius 1 is 1.32 bits per heavy atom. The number of nitrogen functional groups attached to an aromatic ring is 1. The van der Waals surface area contributed by atoms with E-state index in [-0.39, 0.29) is 28.8 Å². The van der Waals surface area contributed by atoms with E-state index in [1.54, 1.807) is 0 Å². The van der Waals surface area contributed by atoms with Gasteiger partial charge in [0, 0.05) is 12.6 Å². The lowest BCUT2D eigenvalue weighted by atomic mass is 9.97. The van der Waals surface area contributed by atoms with Crippen molar-refractivity contribution >= 4 is 29.2 Å². The van der Waals surface area contributed by atoms with Crippen molar-refractivity contribution in [2.45, 2.75) is 32.1 Å². The minimum absolute atomic E-state index is 0.127. The Morgan fingerprint density at radius 3 is 2.80 bits per heavy atom. The van der Waals surface area contributed by atoms with Crippen LogP contribution in [-0.2, 0) is 9.53 Å². The molecule has 1 aromatic carbocycles. The van der Waals surface area contributed by atoms with Gasteiger partial charge < -0.3 is 20.5 Å². The Balaban J connectivity index is 1.80. The van der Waals surface area contributed by atoms with Crippen LogP contribution in [0.2, 0.25) is 5.02 Å². The normalized spacial score (nSPS) is 13.8. The molecule has 0 spiro atoms. The van der Waals surface area contributed by atoms with Gasteiger partial charge in [0.15, 0.2) is 6.61 Å². The molecule has 7 heteroatoms. The van der Waals surface area contributed by atoms with Crippen LogP contribution in [0.15, 0.2) is 23.8 Å². The highest BCUT2D eigenvalue weighted by atomic mass is 35.5. The lowest BCUT2D eigenvalue weighted by molar-refractivity contribution is -0.124. The predicted molar refractivity (Wildman–Crippen MR) is 96.9 cm³/mol. The molecular weight excluding hydrogens is 344 g/mol. The number of anilines is 1. The number of hydrogen-bond acceptors (Lipinski definition) is 5. The number of nitrogens with one attached hydrogen (secondary N) is 1. The molecule has 1 aliphatic rings. The Morgan fingerprint density at radius 2 is 2.12 bits per heavy atom. The Labute approximate surface area is 152 Å². The zero-order chi connectivity index (χ0) is 18.2. The van der Waals surface area contributed by atoms with Crippen molar-refractivity contribution < 1.29 is 19.1 Å². The number of carbonyl (C=O) groups is 2. The minimum atomic E-state index is -0.691. The molecule has 0 aromatic heterocycles. The van der Waals surface area contributed by atoms with Gasteiger partial charge in [0.25, 0.3) is 5.91 Å². The molecule has 1 amide bonds. The molecule has 2 rings (SSSR count). The molecule has 0 radical (unpaired) electrons. The molecule has 136 valence electrons. The predicted octanol–water partition coefficient (Wildman–Crippen LogP) is 3.09. The highest BCUT2D eigenvalue weighted by Gasteiger charge is 2.17. The average molecular weight is 367 g/mol. The fraction of sp³-hybridized carbons (Fsp3) is 0.444. The maximum atomic E-state index is 12.1. The van der Waals surface area contributed by atoms with E-state index in [1.807, 2.05) is 0 Å². The van der Waals surface area contributed by atoms with E-state index in [1.165, 1.54) is 37.7 Å². The van der Waals surface area contributed by atoms with Crippen LogP contribution in [-0.4, -0.2) is 32.1 Å². The summed E-state index contributed by atoms with van der Waals surface area (Å²) in [6, 6.07) is 2.81. The van der Waals surface area contributed by atoms with E-state index in [9.17, 15) is 9.59 Å². The van der Waals surface area contributed by atoms with Gasteiger partial charge >= 0.3 is 5.97 Å². The van der Waals surface area contributed by atoms with Crippen LogP contribution < -0.4 is 15.8 Å². The number of carbonyl (C=O) groups excluding carboxylic acids is 2. The Kier molecular flexibility index (Phi) is 7.13. The van der Waals surface area contributed by atoms with Crippen LogP contribution in [0.25, 0.3) is 0 Å². The maximum absolute atomic E-state index is 12.1. The fourth-order valence-electron chi connectivity index (χ4n) is 2.65. The summed E-state index contributed by atoms with van der Waals surface area (Å²) in [7, 11) is 1.41. The molecule has 0 aliphatic heterocycles. The Hall–Kier alpha value is -2.21. The van der Waals surface area contributed by atoms with Crippen molar-refractivity contribution in [2.75, 3.05) is 26.0 Å². The van der Waals surface area contributed by atoms with Crippen LogP contribution in [0.1, 0.15) is 42.5 Å². The fourth-order valence-corrected chi connectivity index (χ4v) is 2.82. The summed E-state index contributed by atoms with van der Waals surface area (Å²) < 4.78 is 10.1. The van der Waals surface area contributed by atoms with E-state index < -0.39 is 5.97 Å². The van der Waals surface area contributed by atoms with Crippen LogP contribution >= 0.6 is 11.6 Å². The number of hydrogen-bond donors (Lipinski definition) is 2. The summed E-state index contributed by atoms with van der Waals surface area (Å²) in [4.78, 5) is 23.9. The van der Waals surface area contributed by atoms with E-state index in [0.29, 0.717) is 12.2 Å². The van der Waals surface area contributed by atoms with Crippen LogP contribution in [0.4, 0.5) is 5.69 Å². The van der Waals surface area contributed by atoms with Crippen molar-refractivity contribution in [1.82, 2.24) is 5.32 Å². The quantitative estimate of drug-likeness (QED) is 0.439. The lowest BCUT2D eigenvalue weighted by Gasteiger charge is -2.13. The zero-order valence-electron chi connectivity index (χ0n) is 14.3. The highest BCUT2D eigenvalue weighted by molar-refractivity contribution is 6.33. The van der Waals surface area contributed by atoms with Gasteiger partial charge in [-0.25, -0.2) is 4.79 Å². The number of nitrogens with two attached hydrogens (primary N) is 1. The minimum Gasteiger partial charge on any atom is -0.496 e. The second kappa shape index (κ2) is 9.32. The standard InChI is InChI=1S/C18H23ClN2O4/c1-24-16-10-15(20)14(19)9-13(16)18(23)25-11-17(22)21-8-7-12-5-3-2-4-6-12/h5,9-10H,2-4,6-8,11,20H2,1H3,(H,21,22). The number of esters is 1. The van der Waals surface area contributed by atoms with Gasteiger partial charge in [-0.05, 0) is 38.2 Å². The number of rotatable bonds is 7. The van der Waals surface area contributed by atoms with E-state index in [4.69, 9.17) is 26.8 Å². The lowest BCUT2D eigenvalue weighted by Crippen LogP contribution is -2.30. The number of allylic oxidation sites excluding steroid dienone is 1. The molecule has 0 saturated heterocycles. The van der Waals surface area contributed by atoms with Crippen molar-refractivity contribution in [3.63, 3.8) is 0 Å². The van der Waals surface area contributed by atoms with E-state index >= 15 is 0 Å². The molecule has 0 atom stereocenters. The first-order chi connectivity index (χ1) is 12.0. The topological polar surface area (TPSA) is 90.7 Å². The van der Waals surface area contributed by atoms with Gasteiger partial charge in [0.2, 0.25) is 0 Å². The first-order valence-electron chi connectivity index (χ1n) is 8.26. The average Bonchev–Trinajstić information content (AvgIpc) is 2.62. The number of methoxy groups -OCH3 is 1. The van der Waals surface area contributed by atoms with Crippen molar-refractivity contribution in [3.8, 4) is 5.75 Å². The van der Waals surface area contributed by atoms with Crippen LogP contribution in [0, 0.1) is 0 Å². The molecular formula is C18H23ClN2O4. The molecule has 0 bridgehead atoms.